The lowest BCUT2D eigenvalue weighted by Gasteiger charge is -2.27. The second kappa shape index (κ2) is 8.86. The van der Waals surface area contributed by atoms with E-state index in [0.717, 1.165) is 5.56 Å². The first-order valence-electron chi connectivity index (χ1n) is 9.42. The van der Waals surface area contributed by atoms with Crippen LogP contribution in [0.3, 0.4) is 0 Å². The second-order valence-electron chi connectivity index (χ2n) is 7.06. The highest BCUT2D eigenvalue weighted by Crippen LogP contribution is 2.22. The topological polar surface area (TPSA) is 66.9 Å². The van der Waals surface area contributed by atoms with Gasteiger partial charge in [-0.3, -0.25) is 4.79 Å². The van der Waals surface area contributed by atoms with Crippen molar-refractivity contribution < 1.29 is 17.9 Å². The van der Waals surface area contributed by atoms with E-state index in [1.54, 1.807) is 17.0 Å². The molecule has 0 spiro atoms. The molecule has 0 atom stereocenters. The largest absolute Gasteiger partial charge is 0.378 e. The maximum absolute atomic E-state index is 13.2. The van der Waals surface area contributed by atoms with E-state index < -0.39 is 10.0 Å². The summed E-state index contributed by atoms with van der Waals surface area (Å²) in [5.41, 5.74) is 1.42. The van der Waals surface area contributed by atoms with Crippen LogP contribution in [0.4, 0.5) is 0 Å². The van der Waals surface area contributed by atoms with Crippen molar-refractivity contribution in [1.82, 2.24) is 9.21 Å². The number of rotatable bonds is 6. The highest BCUT2D eigenvalue weighted by Gasteiger charge is 2.27. The first kappa shape index (κ1) is 20.5. The molecule has 1 heterocycles. The quantitative estimate of drug-likeness (QED) is 0.745. The lowest BCUT2D eigenvalue weighted by molar-refractivity contribution is 0.0303. The molecule has 0 unspecified atom stereocenters. The first-order chi connectivity index (χ1) is 13.4. The number of hydrogen-bond acceptors (Lipinski definition) is 4. The standard InChI is InChI=1S/C21H26N2O4S/c1-17(2)23(16-18-6-4-3-5-7-18)28(25,26)20-10-8-19(9-11-20)21(24)22-12-14-27-15-13-22/h3-11,17H,12-16H2,1-2H3. The third kappa shape index (κ3) is 4.60. The Balaban J connectivity index is 1.80. The van der Waals surface area contributed by atoms with Gasteiger partial charge < -0.3 is 9.64 Å². The molecule has 0 aliphatic carbocycles. The van der Waals surface area contributed by atoms with E-state index in [1.807, 2.05) is 44.2 Å². The molecule has 0 bridgehead atoms. The van der Waals surface area contributed by atoms with Crippen molar-refractivity contribution in [3.8, 4) is 0 Å². The van der Waals surface area contributed by atoms with E-state index in [4.69, 9.17) is 4.74 Å². The number of morpholine rings is 1. The first-order valence-corrected chi connectivity index (χ1v) is 10.9. The van der Waals surface area contributed by atoms with Crippen LogP contribution in [-0.4, -0.2) is 55.9 Å². The van der Waals surface area contributed by atoms with Gasteiger partial charge in [-0.15, -0.1) is 0 Å². The fourth-order valence-electron chi connectivity index (χ4n) is 3.16. The molecule has 6 nitrogen and oxygen atoms in total. The van der Waals surface area contributed by atoms with Crippen molar-refractivity contribution in [2.75, 3.05) is 26.3 Å². The van der Waals surface area contributed by atoms with E-state index in [9.17, 15) is 13.2 Å². The average molecular weight is 403 g/mol. The molecule has 2 aromatic rings. The van der Waals surface area contributed by atoms with Crippen molar-refractivity contribution in [3.63, 3.8) is 0 Å². The fourth-order valence-corrected chi connectivity index (χ4v) is 4.79. The maximum Gasteiger partial charge on any atom is 0.254 e. The van der Waals surface area contributed by atoms with Crippen LogP contribution in [0.15, 0.2) is 59.5 Å². The normalized spacial score (nSPS) is 15.2. The van der Waals surface area contributed by atoms with Gasteiger partial charge in [0, 0.05) is 31.2 Å². The minimum Gasteiger partial charge on any atom is -0.378 e. The van der Waals surface area contributed by atoms with Crippen molar-refractivity contribution in [2.24, 2.45) is 0 Å². The Hall–Kier alpha value is -2.22. The average Bonchev–Trinajstić information content (AvgIpc) is 2.72. The van der Waals surface area contributed by atoms with E-state index in [1.165, 1.54) is 16.4 Å². The number of amides is 1. The Morgan fingerprint density at radius 2 is 1.64 bits per heavy atom. The monoisotopic (exact) mass is 402 g/mol. The van der Waals surface area contributed by atoms with Crippen molar-refractivity contribution in [3.05, 3.63) is 65.7 Å². The van der Waals surface area contributed by atoms with Crippen LogP contribution >= 0.6 is 0 Å². The van der Waals surface area contributed by atoms with Crippen LogP contribution in [0.5, 0.6) is 0 Å². The number of hydrogen-bond donors (Lipinski definition) is 0. The van der Waals surface area contributed by atoms with E-state index >= 15 is 0 Å². The summed E-state index contributed by atoms with van der Waals surface area (Å²) in [6, 6.07) is 15.5. The molecule has 1 amide bonds. The molecule has 0 saturated carbocycles. The molecule has 1 aliphatic rings. The summed E-state index contributed by atoms with van der Waals surface area (Å²) in [5.74, 6) is -0.0998. The molecule has 0 N–H and O–H groups in total. The van der Waals surface area contributed by atoms with Gasteiger partial charge in [-0.25, -0.2) is 8.42 Å². The zero-order valence-electron chi connectivity index (χ0n) is 16.2. The van der Waals surface area contributed by atoms with Gasteiger partial charge in [0.25, 0.3) is 5.91 Å². The number of benzene rings is 2. The number of carbonyl (C=O) groups excluding carboxylic acids is 1. The second-order valence-corrected chi connectivity index (χ2v) is 8.95. The summed E-state index contributed by atoms with van der Waals surface area (Å²) in [6.45, 7) is 6.18. The third-order valence-corrected chi connectivity index (χ3v) is 6.80. The summed E-state index contributed by atoms with van der Waals surface area (Å²) in [6.07, 6.45) is 0. The molecule has 7 heteroatoms. The zero-order valence-corrected chi connectivity index (χ0v) is 17.1. The zero-order chi connectivity index (χ0) is 20.1. The van der Waals surface area contributed by atoms with Gasteiger partial charge in [-0.2, -0.15) is 4.31 Å². The van der Waals surface area contributed by atoms with Gasteiger partial charge in [0.15, 0.2) is 0 Å². The van der Waals surface area contributed by atoms with Gasteiger partial charge in [-0.05, 0) is 43.7 Å². The summed E-state index contributed by atoms with van der Waals surface area (Å²) >= 11 is 0. The smallest absolute Gasteiger partial charge is 0.254 e. The molecular formula is C21H26N2O4S. The Morgan fingerprint density at radius 1 is 1.04 bits per heavy atom. The predicted octanol–water partition coefficient (Wildman–Crippen LogP) is 2.76. The number of nitrogens with zero attached hydrogens (tertiary/aromatic N) is 2. The molecule has 0 radical (unpaired) electrons. The molecule has 3 rings (SSSR count). The number of ether oxygens (including phenoxy) is 1. The predicted molar refractivity (Wildman–Crippen MR) is 107 cm³/mol. The minimum absolute atomic E-state index is 0.0998. The highest BCUT2D eigenvalue weighted by molar-refractivity contribution is 7.89. The maximum atomic E-state index is 13.2. The van der Waals surface area contributed by atoms with Crippen LogP contribution in [-0.2, 0) is 21.3 Å². The summed E-state index contributed by atoms with van der Waals surface area (Å²) in [5, 5.41) is 0. The Bertz CT molecular complexity index is 890. The third-order valence-electron chi connectivity index (χ3n) is 4.76. The minimum atomic E-state index is -3.68. The number of sulfonamides is 1. The molecule has 1 aliphatic heterocycles. The van der Waals surface area contributed by atoms with Crippen LogP contribution in [0.25, 0.3) is 0 Å². The molecule has 150 valence electrons. The highest BCUT2D eigenvalue weighted by atomic mass is 32.2. The molecule has 28 heavy (non-hydrogen) atoms. The van der Waals surface area contributed by atoms with Crippen LogP contribution in [0.2, 0.25) is 0 Å². The van der Waals surface area contributed by atoms with Gasteiger partial charge in [0.1, 0.15) is 0 Å². The van der Waals surface area contributed by atoms with E-state index in [0.29, 0.717) is 38.4 Å². The fraction of sp³-hybridized carbons (Fsp3) is 0.381. The molecule has 1 fully saturated rings. The Labute approximate surface area is 166 Å². The van der Waals surface area contributed by atoms with Crippen LogP contribution in [0, 0.1) is 0 Å². The van der Waals surface area contributed by atoms with Crippen molar-refractivity contribution in [2.45, 2.75) is 31.3 Å². The Kier molecular flexibility index (Phi) is 6.49. The van der Waals surface area contributed by atoms with Gasteiger partial charge in [0.05, 0.1) is 18.1 Å². The summed E-state index contributed by atoms with van der Waals surface area (Å²) in [4.78, 5) is 14.5. The lowest BCUT2D eigenvalue weighted by atomic mass is 10.2. The van der Waals surface area contributed by atoms with Gasteiger partial charge >= 0.3 is 0 Å². The van der Waals surface area contributed by atoms with Gasteiger partial charge in [0.2, 0.25) is 10.0 Å². The summed E-state index contributed by atoms with van der Waals surface area (Å²) < 4.78 is 33.1. The molecular weight excluding hydrogens is 376 g/mol. The Morgan fingerprint density at radius 3 is 2.21 bits per heavy atom. The molecule has 1 saturated heterocycles. The van der Waals surface area contributed by atoms with Crippen molar-refractivity contribution >= 4 is 15.9 Å². The summed E-state index contributed by atoms with van der Waals surface area (Å²) in [7, 11) is -3.68. The lowest BCUT2D eigenvalue weighted by Crippen LogP contribution is -2.40. The molecule has 2 aromatic carbocycles. The SMILES string of the molecule is CC(C)N(Cc1ccccc1)S(=O)(=O)c1ccc(C(=O)N2CCOCC2)cc1. The van der Waals surface area contributed by atoms with Gasteiger partial charge in [-0.1, -0.05) is 30.3 Å². The van der Waals surface area contributed by atoms with Crippen molar-refractivity contribution in [1.29, 1.82) is 0 Å². The van der Waals surface area contributed by atoms with Crippen LogP contribution < -0.4 is 0 Å². The molecule has 0 aromatic heterocycles. The van der Waals surface area contributed by atoms with E-state index in [2.05, 4.69) is 0 Å². The van der Waals surface area contributed by atoms with E-state index in [-0.39, 0.29) is 16.8 Å². The van der Waals surface area contributed by atoms with Crippen LogP contribution in [0.1, 0.15) is 29.8 Å². The number of carbonyl (C=O) groups is 1.